The average Bonchev–Trinajstić information content (AvgIpc) is 2.94. The van der Waals surface area contributed by atoms with Crippen molar-refractivity contribution < 1.29 is 14.4 Å². The molecule has 0 aliphatic carbocycles. The smallest absolute Gasteiger partial charge is 0.345 e. The van der Waals surface area contributed by atoms with Crippen LogP contribution in [-0.4, -0.2) is 70.1 Å². The summed E-state index contributed by atoms with van der Waals surface area (Å²) in [6, 6.07) is 27.2. The minimum atomic E-state index is -0.00894. The molecule has 0 bridgehead atoms. The summed E-state index contributed by atoms with van der Waals surface area (Å²) in [6.07, 6.45) is 0. The van der Waals surface area contributed by atoms with Crippen LogP contribution in [0.25, 0.3) is 0 Å². The summed E-state index contributed by atoms with van der Waals surface area (Å²) in [7, 11) is 0. The summed E-state index contributed by atoms with van der Waals surface area (Å²) in [4.78, 5) is 18.6. The molecule has 0 unspecified atom stereocenters. The number of rotatable bonds is 9. The van der Waals surface area contributed by atoms with E-state index in [1.807, 2.05) is 24.3 Å². The standard InChI is InChI=1S/C33H43N3O2/c1-6-36(7-2,8-3)33(38)29-19-17-28(18-20-29)32(30-15-12-16-31(37)21-30)35-23-25(4)34(22-26(35)5)24-27-13-10-9-11-14-27/h9-21,25-26,32H,6-8,22-24H2,1-5H3/p+1/t25-,26+,32-/m1/s1. The first-order chi connectivity index (χ1) is 18.3. The van der Waals surface area contributed by atoms with Gasteiger partial charge in [-0.3, -0.25) is 14.3 Å². The third-order valence-corrected chi connectivity index (χ3v) is 8.63. The van der Waals surface area contributed by atoms with E-state index < -0.39 is 0 Å². The highest BCUT2D eigenvalue weighted by molar-refractivity contribution is 5.89. The number of carbonyl (C=O) groups excluding carboxylic acids is 1. The molecule has 202 valence electrons. The Bertz CT molecular complexity index is 1180. The molecule has 0 radical (unpaired) electrons. The highest BCUT2D eigenvalue weighted by Crippen LogP contribution is 2.35. The highest BCUT2D eigenvalue weighted by Gasteiger charge is 2.36. The molecule has 1 heterocycles. The molecule has 0 saturated carbocycles. The van der Waals surface area contributed by atoms with Crippen LogP contribution in [-0.2, 0) is 6.54 Å². The van der Waals surface area contributed by atoms with Gasteiger partial charge >= 0.3 is 5.91 Å². The van der Waals surface area contributed by atoms with Crippen LogP contribution in [0, 0.1) is 0 Å². The lowest BCUT2D eigenvalue weighted by atomic mass is 9.92. The van der Waals surface area contributed by atoms with Gasteiger partial charge in [0.25, 0.3) is 0 Å². The third kappa shape index (κ3) is 5.85. The van der Waals surface area contributed by atoms with Crippen LogP contribution in [0.2, 0.25) is 0 Å². The van der Waals surface area contributed by atoms with Gasteiger partial charge in [0.1, 0.15) is 5.75 Å². The summed E-state index contributed by atoms with van der Waals surface area (Å²) in [6.45, 7) is 16.1. The van der Waals surface area contributed by atoms with E-state index >= 15 is 0 Å². The Hall–Kier alpha value is -2.99. The number of phenols is 1. The second-order valence-electron chi connectivity index (χ2n) is 10.8. The third-order valence-electron chi connectivity index (χ3n) is 8.63. The molecule has 3 atom stereocenters. The van der Waals surface area contributed by atoms with Crippen LogP contribution in [0.3, 0.4) is 0 Å². The zero-order valence-corrected chi connectivity index (χ0v) is 23.7. The van der Waals surface area contributed by atoms with E-state index in [0.29, 0.717) is 16.6 Å². The second-order valence-corrected chi connectivity index (χ2v) is 10.8. The van der Waals surface area contributed by atoms with Gasteiger partial charge in [0.05, 0.1) is 31.2 Å². The lowest BCUT2D eigenvalue weighted by Gasteiger charge is -2.47. The first-order valence-electron chi connectivity index (χ1n) is 14.2. The number of hydrogen-bond acceptors (Lipinski definition) is 4. The zero-order valence-electron chi connectivity index (χ0n) is 23.7. The fraction of sp³-hybridized carbons (Fsp3) is 0.424. The van der Waals surface area contributed by atoms with Crippen LogP contribution in [0.1, 0.15) is 67.7 Å². The molecule has 1 N–H and O–H groups in total. The van der Waals surface area contributed by atoms with E-state index in [2.05, 4.69) is 92.9 Å². The molecule has 1 aliphatic heterocycles. The molecule has 5 nitrogen and oxygen atoms in total. The normalized spacial score (nSPS) is 19.8. The van der Waals surface area contributed by atoms with Gasteiger partial charge in [0.2, 0.25) is 0 Å². The predicted molar refractivity (Wildman–Crippen MR) is 155 cm³/mol. The van der Waals surface area contributed by atoms with Gasteiger partial charge in [-0.1, -0.05) is 54.6 Å². The number of carbonyl (C=O) groups is 1. The largest absolute Gasteiger partial charge is 0.508 e. The minimum absolute atomic E-state index is 0.00894. The van der Waals surface area contributed by atoms with E-state index in [-0.39, 0.29) is 17.7 Å². The fourth-order valence-corrected chi connectivity index (χ4v) is 6.08. The first-order valence-corrected chi connectivity index (χ1v) is 14.2. The van der Waals surface area contributed by atoms with Gasteiger partial charge in [0, 0.05) is 31.7 Å². The van der Waals surface area contributed by atoms with Crippen molar-refractivity contribution in [1.29, 1.82) is 0 Å². The lowest BCUT2D eigenvalue weighted by Crippen LogP contribution is -2.56. The number of hydrogen-bond donors (Lipinski definition) is 1. The molecule has 3 aromatic carbocycles. The zero-order chi connectivity index (χ0) is 27.3. The predicted octanol–water partition coefficient (Wildman–Crippen LogP) is 6.09. The molecule has 38 heavy (non-hydrogen) atoms. The van der Waals surface area contributed by atoms with E-state index in [9.17, 15) is 9.90 Å². The van der Waals surface area contributed by atoms with Crippen molar-refractivity contribution in [3.63, 3.8) is 0 Å². The summed E-state index contributed by atoms with van der Waals surface area (Å²) in [5.74, 6) is 0.466. The minimum Gasteiger partial charge on any atom is -0.508 e. The van der Waals surface area contributed by atoms with Crippen molar-refractivity contribution >= 4 is 5.91 Å². The topological polar surface area (TPSA) is 43.8 Å². The number of piperazine rings is 1. The van der Waals surface area contributed by atoms with E-state index in [1.54, 1.807) is 6.07 Å². The Morgan fingerprint density at radius 3 is 2.11 bits per heavy atom. The Balaban J connectivity index is 1.63. The molecule has 0 aromatic heterocycles. The molecule has 0 spiro atoms. The molecular formula is C33H44N3O2+. The van der Waals surface area contributed by atoms with Gasteiger partial charge in [-0.2, -0.15) is 0 Å². The number of amides is 1. The summed E-state index contributed by atoms with van der Waals surface area (Å²) in [5.41, 5.74) is 4.32. The quantitative estimate of drug-likeness (QED) is 0.351. The lowest BCUT2D eigenvalue weighted by molar-refractivity contribution is -0.843. The van der Waals surface area contributed by atoms with Crippen molar-refractivity contribution in [3.05, 3.63) is 101 Å². The van der Waals surface area contributed by atoms with E-state index in [4.69, 9.17) is 0 Å². The monoisotopic (exact) mass is 514 g/mol. The SMILES string of the molecule is CC[N+](CC)(CC)C(=O)c1ccc([C@H](c2cccc(O)c2)N2C[C@@H](C)N(Cc3ccccc3)C[C@@H]2C)cc1. The van der Waals surface area contributed by atoms with Gasteiger partial charge in [-0.15, -0.1) is 0 Å². The van der Waals surface area contributed by atoms with Gasteiger partial charge in [-0.05, 0) is 75.6 Å². The van der Waals surface area contributed by atoms with Crippen molar-refractivity contribution in [1.82, 2.24) is 9.80 Å². The molecule has 3 aromatic rings. The number of aromatic hydroxyl groups is 1. The highest BCUT2D eigenvalue weighted by atomic mass is 16.3. The molecule has 1 aliphatic rings. The Kier molecular flexibility index (Phi) is 9.03. The van der Waals surface area contributed by atoms with Crippen molar-refractivity contribution in [2.45, 2.75) is 59.3 Å². The van der Waals surface area contributed by atoms with E-state index in [1.165, 1.54) is 5.56 Å². The molecular weight excluding hydrogens is 470 g/mol. The average molecular weight is 515 g/mol. The molecule has 1 fully saturated rings. The number of benzene rings is 3. The maximum absolute atomic E-state index is 13.5. The van der Waals surface area contributed by atoms with Gasteiger partial charge in [-0.25, -0.2) is 4.79 Å². The van der Waals surface area contributed by atoms with Crippen LogP contribution >= 0.6 is 0 Å². The summed E-state index contributed by atoms with van der Waals surface area (Å²) >= 11 is 0. The van der Waals surface area contributed by atoms with Crippen molar-refractivity contribution in [2.75, 3.05) is 32.7 Å². The molecule has 5 heteroatoms. The van der Waals surface area contributed by atoms with Gasteiger partial charge < -0.3 is 5.11 Å². The molecule has 1 saturated heterocycles. The van der Waals surface area contributed by atoms with Crippen molar-refractivity contribution in [3.8, 4) is 5.75 Å². The van der Waals surface area contributed by atoms with Crippen LogP contribution in [0.5, 0.6) is 5.75 Å². The van der Waals surface area contributed by atoms with Crippen LogP contribution in [0.4, 0.5) is 0 Å². The Morgan fingerprint density at radius 2 is 1.50 bits per heavy atom. The molecule has 4 rings (SSSR count). The first kappa shape index (κ1) is 28.0. The second kappa shape index (κ2) is 12.2. The molecule has 1 amide bonds. The number of nitrogens with zero attached hydrogens (tertiary/aromatic N) is 3. The van der Waals surface area contributed by atoms with Gasteiger partial charge in [0.15, 0.2) is 0 Å². The summed E-state index contributed by atoms with van der Waals surface area (Å²) in [5, 5.41) is 10.3. The number of phenolic OH excluding ortho intramolecular Hbond substituents is 1. The fourth-order valence-electron chi connectivity index (χ4n) is 6.08. The summed E-state index contributed by atoms with van der Waals surface area (Å²) < 4.78 is 0.466. The van der Waals surface area contributed by atoms with Crippen molar-refractivity contribution in [2.24, 2.45) is 0 Å². The Morgan fingerprint density at radius 1 is 0.842 bits per heavy atom. The van der Waals surface area contributed by atoms with Crippen LogP contribution in [0.15, 0.2) is 78.9 Å². The maximum Gasteiger partial charge on any atom is 0.345 e. The number of quaternary nitrogens is 1. The Labute approximate surface area is 228 Å². The maximum atomic E-state index is 13.5. The van der Waals surface area contributed by atoms with Crippen LogP contribution < -0.4 is 0 Å². The van der Waals surface area contributed by atoms with E-state index in [0.717, 1.165) is 56.0 Å².